The van der Waals surface area contributed by atoms with Gasteiger partial charge in [0.1, 0.15) is 18.1 Å². The van der Waals surface area contributed by atoms with Crippen LogP contribution in [0.4, 0.5) is 0 Å². The third kappa shape index (κ3) is 4.80. The molecule has 1 aliphatic rings. The molecule has 144 valence electrons. The lowest BCUT2D eigenvalue weighted by atomic mass is 9.87. The van der Waals surface area contributed by atoms with Gasteiger partial charge in [0, 0.05) is 13.1 Å². The van der Waals surface area contributed by atoms with Crippen molar-refractivity contribution in [2.24, 2.45) is 0 Å². The Morgan fingerprint density at radius 3 is 2.63 bits per heavy atom. The van der Waals surface area contributed by atoms with Crippen LogP contribution in [0.1, 0.15) is 42.4 Å². The first-order valence-electron chi connectivity index (χ1n) is 9.46. The summed E-state index contributed by atoms with van der Waals surface area (Å²) in [6, 6.07) is 13.9. The maximum atomic E-state index is 12.7. The molecule has 5 nitrogen and oxygen atoms in total. The fourth-order valence-corrected chi connectivity index (χ4v) is 3.31. The molecule has 1 amide bonds. The highest BCUT2D eigenvalue weighted by Gasteiger charge is 2.26. The number of carbonyl (C=O) groups excluding carboxylic acids is 1. The zero-order chi connectivity index (χ0) is 19.2. The topological polar surface area (TPSA) is 59.6 Å². The van der Waals surface area contributed by atoms with Crippen molar-refractivity contribution in [3.8, 4) is 11.5 Å². The average molecular weight is 368 g/mol. The van der Waals surface area contributed by atoms with Crippen LogP contribution in [-0.2, 0) is 11.3 Å². The summed E-state index contributed by atoms with van der Waals surface area (Å²) in [7, 11) is 1.63. The highest BCUT2D eigenvalue weighted by molar-refractivity contribution is 5.84. The molecule has 1 atom stereocenters. The van der Waals surface area contributed by atoms with E-state index in [-0.39, 0.29) is 11.8 Å². The zero-order valence-corrected chi connectivity index (χ0v) is 16.2. The number of methoxy groups -OCH3 is 1. The van der Waals surface area contributed by atoms with Crippen molar-refractivity contribution in [1.29, 1.82) is 0 Å². The van der Waals surface area contributed by atoms with E-state index in [1.165, 1.54) is 11.1 Å². The van der Waals surface area contributed by atoms with Gasteiger partial charge in [-0.3, -0.25) is 4.79 Å². The molecule has 0 spiro atoms. The summed E-state index contributed by atoms with van der Waals surface area (Å²) in [5, 5.41) is 6.36. The molecule has 0 saturated heterocycles. The van der Waals surface area contributed by atoms with Gasteiger partial charge in [0.05, 0.1) is 19.6 Å². The lowest BCUT2D eigenvalue weighted by Crippen LogP contribution is -2.40. The van der Waals surface area contributed by atoms with Crippen LogP contribution >= 0.6 is 0 Å². The Kier molecular flexibility index (Phi) is 6.35. The predicted octanol–water partition coefficient (Wildman–Crippen LogP) is 3.20. The molecular formula is C22H28N2O3. The molecule has 2 aromatic carbocycles. The molecule has 0 fully saturated rings. The van der Waals surface area contributed by atoms with Gasteiger partial charge in [0.15, 0.2) is 0 Å². The van der Waals surface area contributed by atoms with Crippen molar-refractivity contribution in [1.82, 2.24) is 10.6 Å². The van der Waals surface area contributed by atoms with Crippen LogP contribution in [0, 0.1) is 0 Å². The fraction of sp³-hybridized carbons (Fsp3) is 0.409. The Bertz CT molecular complexity index is 772. The first-order chi connectivity index (χ1) is 13.1. The van der Waals surface area contributed by atoms with Crippen molar-refractivity contribution in [3.63, 3.8) is 0 Å². The van der Waals surface area contributed by atoms with E-state index in [4.69, 9.17) is 9.47 Å². The molecule has 0 saturated carbocycles. The van der Waals surface area contributed by atoms with E-state index >= 15 is 0 Å². The van der Waals surface area contributed by atoms with Gasteiger partial charge in [-0.15, -0.1) is 0 Å². The molecule has 5 heteroatoms. The number of carbonyl (C=O) groups is 1. The molecule has 1 heterocycles. The Morgan fingerprint density at radius 2 is 1.93 bits per heavy atom. The van der Waals surface area contributed by atoms with Gasteiger partial charge in [-0.1, -0.05) is 32.0 Å². The monoisotopic (exact) mass is 368 g/mol. The zero-order valence-electron chi connectivity index (χ0n) is 16.2. The Labute approximate surface area is 161 Å². The Balaban J connectivity index is 1.53. The van der Waals surface area contributed by atoms with Crippen LogP contribution in [0.2, 0.25) is 0 Å². The standard InChI is InChI=1S/C22H28N2O3/c1-15(2)16-4-9-20-17(12-16)13-23-14-21(20)22(25)24-10-11-27-19-7-5-18(26-3)6-8-19/h4-9,12,15,21,23H,10-11,13-14H2,1-3H3,(H,24,25). The number of rotatable bonds is 7. The van der Waals surface area contributed by atoms with E-state index in [2.05, 4.69) is 42.7 Å². The number of fused-ring (bicyclic) bond motifs is 1. The quantitative estimate of drug-likeness (QED) is 0.737. The van der Waals surface area contributed by atoms with Crippen LogP contribution in [0.3, 0.4) is 0 Å². The maximum Gasteiger partial charge on any atom is 0.228 e. The van der Waals surface area contributed by atoms with E-state index in [0.717, 1.165) is 23.6 Å². The number of hydrogen-bond donors (Lipinski definition) is 2. The second-order valence-electron chi connectivity index (χ2n) is 7.11. The molecule has 2 N–H and O–H groups in total. The summed E-state index contributed by atoms with van der Waals surface area (Å²) >= 11 is 0. The lowest BCUT2D eigenvalue weighted by Gasteiger charge is -2.26. The van der Waals surface area contributed by atoms with E-state index in [9.17, 15) is 4.79 Å². The number of amides is 1. The van der Waals surface area contributed by atoms with Crippen LogP contribution in [-0.4, -0.2) is 32.7 Å². The fourth-order valence-electron chi connectivity index (χ4n) is 3.31. The molecule has 1 aliphatic heterocycles. The summed E-state index contributed by atoms with van der Waals surface area (Å²) in [6.45, 7) is 6.76. The summed E-state index contributed by atoms with van der Waals surface area (Å²) in [4.78, 5) is 12.7. The molecule has 0 aromatic heterocycles. The van der Waals surface area contributed by atoms with Crippen molar-refractivity contribution in [2.75, 3.05) is 26.8 Å². The summed E-state index contributed by atoms with van der Waals surface area (Å²) < 4.78 is 10.8. The van der Waals surface area contributed by atoms with Gasteiger partial charge < -0.3 is 20.1 Å². The Morgan fingerprint density at radius 1 is 1.19 bits per heavy atom. The van der Waals surface area contributed by atoms with E-state index < -0.39 is 0 Å². The van der Waals surface area contributed by atoms with Crippen molar-refractivity contribution >= 4 is 5.91 Å². The van der Waals surface area contributed by atoms with Gasteiger partial charge in [-0.25, -0.2) is 0 Å². The highest BCUT2D eigenvalue weighted by Crippen LogP contribution is 2.27. The van der Waals surface area contributed by atoms with Gasteiger partial charge >= 0.3 is 0 Å². The van der Waals surface area contributed by atoms with Crippen molar-refractivity contribution < 1.29 is 14.3 Å². The first kappa shape index (κ1) is 19.2. The lowest BCUT2D eigenvalue weighted by molar-refractivity contribution is -0.122. The summed E-state index contributed by atoms with van der Waals surface area (Å²) in [5.41, 5.74) is 3.67. The minimum Gasteiger partial charge on any atom is -0.497 e. The maximum absolute atomic E-state index is 12.7. The number of hydrogen-bond acceptors (Lipinski definition) is 4. The number of ether oxygens (including phenoxy) is 2. The smallest absolute Gasteiger partial charge is 0.228 e. The number of benzene rings is 2. The molecule has 27 heavy (non-hydrogen) atoms. The van der Waals surface area contributed by atoms with Crippen LogP contribution in [0.5, 0.6) is 11.5 Å². The normalized spacial score (nSPS) is 15.9. The van der Waals surface area contributed by atoms with Crippen molar-refractivity contribution in [3.05, 3.63) is 59.2 Å². The number of nitrogens with one attached hydrogen (secondary N) is 2. The molecule has 0 radical (unpaired) electrons. The van der Waals surface area contributed by atoms with E-state index in [1.54, 1.807) is 7.11 Å². The summed E-state index contributed by atoms with van der Waals surface area (Å²) in [6.07, 6.45) is 0. The predicted molar refractivity (Wildman–Crippen MR) is 106 cm³/mol. The van der Waals surface area contributed by atoms with Crippen LogP contribution in [0.15, 0.2) is 42.5 Å². The van der Waals surface area contributed by atoms with E-state index in [0.29, 0.717) is 25.6 Å². The Hall–Kier alpha value is -2.53. The van der Waals surface area contributed by atoms with Crippen molar-refractivity contribution in [2.45, 2.75) is 32.2 Å². The molecule has 0 bridgehead atoms. The third-order valence-electron chi connectivity index (χ3n) is 4.92. The minimum atomic E-state index is -0.157. The second-order valence-corrected chi connectivity index (χ2v) is 7.11. The second kappa shape index (κ2) is 8.91. The SMILES string of the molecule is COc1ccc(OCCNC(=O)C2CNCc3cc(C(C)C)ccc32)cc1. The molecule has 3 rings (SSSR count). The molecular weight excluding hydrogens is 340 g/mol. The first-order valence-corrected chi connectivity index (χ1v) is 9.46. The van der Waals surface area contributed by atoms with Crippen LogP contribution < -0.4 is 20.1 Å². The summed E-state index contributed by atoms with van der Waals surface area (Å²) in [5.74, 6) is 1.92. The van der Waals surface area contributed by atoms with Crippen LogP contribution in [0.25, 0.3) is 0 Å². The molecule has 0 aliphatic carbocycles. The molecule has 1 unspecified atom stereocenters. The van der Waals surface area contributed by atoms with E-state index in [1.807, 2.05) is 24.3 Å². The largest absolute Gasteiger partial charge is 0.497 e. The van der Waals surface area contributed by atoms with Gasteiger partial charge in [-0.2, -0.15) is 0 Å². The third-order valence-corrected chi connectivity index (χ3v) is 4.92. The highest BCUT2D eigenvalue weighted by atomic mass is 16.5. The van der Waals surface area contributed by atoms with Gasteiger partial charge in [-0.05, 0) is 46.9 Å². The average Bonchev–Trinajstić information content (AvgIpc) is 2.70. The minimum absolute atomic E-state index is 0.0408. The van der Waals surface area contributed by atoms with Gasteiger partial charge in [0.25, 0.3) is 0 Å². The molecule has 2 aromatic rings. The van der Waals surface area contributed by atoms with Gasteiger partial charge in [0.2, 0.25) is 5.91 Å².